The van der Waals surface area contributed by atoms with Gasteiger partial charge in [0.2, 0.25) is 0 Å². The standard InChI is InChI=1S/C41H32N2/c1-29-9-7-11-31(25-29)27-42-35-21-17-33(18-22-35)41(39-15-5-3-13-37(39)38-14-4-6-16-40(38)41)34-19-23-36(24-20-34)43-28-32-12-8-10-30(2)26-32/h3-28H,1-2H3. The molecule has 1 aliphatic carbocycles. The molecule has 7 rings (SSSR count). The first kappa shape index (κ1) is 26.6. The molecule has 0 amide bonds. The van der Waals surface area contributed by atoms with Crippen molar-refractivity contribution in [2.24, 2.45) is 9.98 Å². The van der Waals surface area contributed by atoms with Crippen LogP contribution in [0.5, 0.6) is 0 Å². The maximum atomic E-state index is 4.79. The predicted molar refractivity (Wildman–Crippen MR) is 181 cm³/mol. The molecule has 0 atom stereocenters. The highest BCUT2D eigenvalue weighted by Crippen LogP contribution is 2.56. The number of hydrogen-bond acceptors (Lipinski definition) is 2. The van der Waals surface area contributed by atoms with E-state index in [1.54, 1.807) is 0 Å². The minimum atomic E-state index is -0.454. The van der Waals surface area contributed by atoms with Gasteiger partial charge in [-0.15, -0.1) is 0 Å². The molecule has 0 heterocycles. The maximum absolute atomic E-state index is 4.79. The Kier molecular flexibility index (Phi) is 6.89. The summed E-state index contributed by atoms with van der Waals surface area (Å²) in [4.78, 5) is 9.58. The second-order valence-electron chi connectivity index (χ2n) is 11.3. The number of hydrogen-bond donors (Lipinski definition) is 0. The highest BCUT2D eigenvalue weighted by atomic mass is 14.7. The molecule has 0 N–H and O–H groups in total. The fourth-order valence-electron chi connectivity index (χ4n) is 6.42. The van der Waals surface area contributed by atoms with Gasteiger partial charge in [-0.1, -0.05) is 132 Å². The summed E-state index contributed by atoms with van der Waals surface area (Å²) in [6, 6.07) is 51.9. The van der Waals surface area contributed by atoms with Crippen LogP contribution in [0.1, 0.15) is 44.5 Å². The molecule has 0 aromatic heterocycles. The van der Waals surface area contributed by atoms with Gasteiger partial charge in [-0.2, -0.15) is 0 Å². The van der Waals surface area contributed by atoms with Gasteiger partial charge in [-0.05, 0) is 82.6 Å². The Hall–Kier alpha value is -5.34. The Morgan fingerprint density at radius 2 is 0.860 bits per heavy atom. The van der Waals surface area contributed by atoms with Crippen LogP contribution >= 0.6 is 0 Å². The molecule has 2 heteroatoms. The minimum Gasteiger partial charge on any atom is -0.256 e. The summed E-state index contributed by atoms with van der Waals surface area (Å²) in [5.74, 6) is 0. The molecule has 206 valence electrons. The van der Waals surface area contributed by atoms with Gasteiger partial charge in [0.1, 0.15) is 0 Å². The summed E-state index contributed by atoms with van der Waals surface area (Å²) in [6.07, 6.45) is 3.88. The second kappa shape index (κ2) is 11.2. The highest BCUT2D eigenvalue weighted by Gasteiger charge is 2.45. The Labute approximate surface area is 253 Å². The van der Waals surface area contributed by atoms with E-state index in [9.17, 15) is 0 Å². The van der Waals surface area contributed by atoms with Crippen molar-refractivity contribution in [3.63, 3.8) is 0 Å². The van der Waals surface area contributed by atoms with Crippen molar-refractivity contribution in [2.45, 2.75) is 19.3 Å². The predicted octanol–water partition coefficient (Wildman–Crippen LogP) is 10.2. The van der Waals surface area contributed by atoms with Crippen LogP contribution in [0.25, 0.3) is 11.1 Å². The molecule has 0 saturated heterocycles. The van der Waals surface area contributed by atoms with Crippen molar-refractivity contribution in [1.82, 2.24) is 0 Å². The molecule has 0 saturated carbocycles. The Bertz CT molecular complexity index is 1830. The fraction of sp³-hybridized carbons (Fsp3) is 0.0732. The first-order valence-corrected chi connectivity index (χ1v) is 14.7. The van der Waals surface area contributed by atoms with Gasteiger partial charge in [0, 0.05) is 12.4 Å². The number of rotatable bonds is 6. The summed E-state index contributed by atoms with van der Waals surface area (Å²) in [5, 5.41) is 0. The zero-order valence-corrected chi connectivity index (χ0v) is 24.4. The Morgan fingerprint density at radius 1 is 0.442 bits per heavy atom. The van der Waals surface area contributed by atoms with Gasteiger partial charge in [0.05, 0.1) is 16.8 Å². The van der Waals surface area contributed by atoms with E-state index >= 15 is 0 Å². The Morgan fingerprint density at radius 3 is 1.28 bits per heavy atom. The van der Waals surface area contributed by atoms with E-state index in [0.717, 1.165) is 22.5 Å². The lowest BCUT2D eigenvalue weighted by Crippen LogP contribution is -2.28. The molecule has 0 unspecified atom stereocenters. The molecule has 0 radical (unpaired) electrons. The van der Waals surface area contributed by atoms with Crippen LogP contribution in [0, 0.1) is 13.8 Å². The SMILES string of the molecule is Cc1cccc(C=Nc2ccc(C3(c4ccc(N=Cc5cccc(C)c5)cc4)c4ccccc4-c4ccccc43)cc2)c1. The molecule has 0 bridgehead atoms. The van der Waals surface area contributed by atoms with Crippen molar-refractivity contribution >= 4 is 23.8 Å². The van der Waals surface area contributed by atoms with Crippen LogP contribution in [0.4, 0.5) is 11.4 Å². The minimum absolute atomic E-state index is 0.454. The van der Waals surface area contributed by atoms with Crippen LogP contribution in [0.15, 0.2) is 156 Å². The summed E-state index contributed by atoms with van der Waals surface area (Å²) >= 11 is 0. The van der Waals surface area contributed by atoms with Gasteiger partial charge in [0.15, 0.2) is 0 Å². The quantitative estimate of drug-likeness (QED) is 0.183. The number of nitrogens with zero attached hydrogens (tertiary/aromatic N) is 2. The van der Waals surface area contributed by atoms with Crippen molar-refractivity contribution in [3.05, 3.63) is 190 Å². The number of aryl methyl sites for hydroxylation is 2. The van der Waals surface area contributed by atoms with E-state index < -0.39 is 5.41 Å². The van der Waals surface area contributed by atoms with E-state index in [1.807, 2.05) is 12.4 Å². The molecule has 0 spiro atoms. The second-order valence-corrected chi connectivity index (χ2v) is 11.3. The largest absolute Gasteiger partial charge is 0.256 e. The summed E-state index contributed by atoms with van der Waals surface area (Å²) in [5.41, 5.74) is 13.7. The van der Waals surface area contributed by atoms with Crippen molar-refractivity contribution in [3.8, 4) is 11.1 Å². The van der Waals surface area contributed by atoms with Crippen molar-refractivity contribution < 1.29 is 0 Å². The number of benzene rings is 6. The molecule has 0 fully saturated rings. The highest BCUT2D eigenvalue weighted by molar-refractivity contribution is 5.87. The zero-order chi connectivity index (χ0) is 29.2. The molecule has 2 nitrogen and oxygen atoms in total. The van der Waals surface area contributed by atoms with E-state index in [0.29, 0.717) is 0 Å². The van der Waals surface area contributed by atoms with Gasteiger partial charge in [-0.25, -0.2) is 0 Å². The average Bonchev–Trinajstić information content (AvgIpc) is 3.35. The number of fused-ring (bicyclic) bond motifs is 3. The molecule has 1 aliphatic rings. The fourth-order valence-corrected chi connectivity index (χ4v) is 6.42. The van der Waals surface area contributed by atoms with Crippen LogP contribution in [0.3, 0.4) is 0 Å². The molecule has 0 aliphatic heterocycles. The van der Waals surface area contributed by atoms with E-state index in [-0.39, 0.29) is 0 Å². The van der Waals surface area contributed by atoms with Crippen molar-refractivity contribution in [1.29, 1.82) is 0 Å². The van der Waals surface area contributed by atoms with Crippen LogP contribution in [-0.4, -0.2) is 12.4 Å². The lowest BCUT2D eigenvalue weighted by Gasteiger charge is -2.34. The molecule has 43 heavy (non-hydrogen) atoms. The molecular weight excluding hydrogens is 520 g/mol. The summed E-state index contributed by atoms with van der Waals surface area (Å²) in [6.45, 7) is 4.21. The van der Waals surface area contributed by atoms with E-state index in [2.05, 4.69) is 159 Å². The van der Waals surface area contributed by atoms with Crippen LogP contribution in [0.2, 0.25) is 0 Å². The van der Waals surface area contributed by atoms with E-state index in [4.69, 9.17) is 9.98 Å². The lowest BCUT2D eigenvalue weighted by molar-refractivity contribution is 0.768. The maximum Gasteiger partial charge on any atom is 0.0713 e. The summed E-state index contributed by atoms with van der Waals surface area (Å²) < 4.78 is 0. The lowest BCUT2D eigenvalue weighted by atomic mass is 9.67. The number of aliphatic imine (C=N–C) groups is 2. The monoisotopic (exact) mass is 552 g/mol. The van der Waals surface area contributed by atoms with Gasteiger partial charge in [-0.3, -0.25) is 9.98 Å². The van der Waals surface area contributed by atoms with Gasteiger partial charge >= 0.3 is 0 Å². The molecular formula is C41H32N2. The Balaban J connectivity index is 1.32. The van der Waals surface area contributed by atoms with Crippen LogP contribution in [-0.2, 0) is 5.41 Å². The van der Waals surface area contributed by atoms with Crippen LogP contribution < -0.4 is 0 Å². The summed E-state index contributed by atoms with van der Waals surface area (Å²) in [7, 11) is 0. The van der Waals surface area contributed by atoms with Gasteiger partial charge in [0.25, 0.3) is 0 Å². The normalized spacial score (nSPS) is 13.3. The third kappa shape index (κ3) is 4.91. The van der Waals surface area contributed by atoms with Gasteiger partial charge < -0.3 is 0 Å². The zero-order valence-electron chi connectivity index (χ0n) is 24.4. The topological polar surface area (TPSA) is 24.7 Å². The first-order valence-electron chi connectivity index (χ1n) is 14.7. The van der Waals surface area contributed by atoms with Crippen molar-refractivity contribution in [2.75, 3.05) is 0 Å². The first-order chi connectivity index (χ1) is 21.1. The third-order valence-electron chi connectivity index (χ3n) is 8.36. The molecule has 6 aromatic rings. The third-order valence-corrected chi connectivity index (χ3v) is 8.36. The molecule has 6 aromatic carbocycles. The average molecular weight is 553 g/mol. The van der Waals surface area contributed by atoms with E-state index in [1.165, 1.54) is 44.5 Å². The smallest absolute Gasteiger partial charge is 0.0713 e.